The lowest BCUT2D eigenvalue weighted by molar-refractivity contribution is 0.564. The van der Waals surface area contributed by atoms with Crippen LogP contribution in [0.15, 0.2) is 41.3 Å². The molecule has 1 fully saturated rings. The molecule has 0 aliphatic carbocycles. The molecular formula is C14H16N2O2S. The van der Waals surface area contributed by atoms with Gasteiger partial charge in [-0.25, -0.2) is 8.42 Å². The van der Waals surface area contributed by atoms with Crippen LogP contribution < -0.4 is 4.90 Å². The minimum Gasteiger partial charge on any atom is -0.377 e. The second kappa shape index (κ2) is 4.21. The van der Waals surface area contributed by atoms with E-state index in [0.29, 0.717) is 18.0 Å². The number of hydrogen-bond donors (Lipinski definition) is 0. The quantitative estimate of drug-likeness (QED) is 0.804. The van der Waals surface area contributed by atoms with Gasteiger partial charge in [0.1, 0.15) is 0 Å². The van der Waals surface area contributed by atoms with E-state index in [1.807, 2.05) is 49.3 Å². The predicted molar refractivity (Wildman–Crippen MR) is 77.0 cm³/mol. The van der Waals surface area contributed by atoms with Crippen molar-refractivity contribution in [1.29, 1.82) is 0 Å². The Labute approximate surface area is 113 Å². The Hall–Kier alpha value is -1.59. The van der Waals surface area contributed by atoms with E-state index < -0.39 is 10.0 Å². The first kappa shape index (κ1) is 12.4. The maximum atomic E-state index is 12.4. The van der Waals surface area contributed by atoms with Gasteiger partial charge in [0.05, 0.1) is 4.90 Å². The van der Waals surface area contributed by atoms with Gasteiger partial charge in [-0.1, -0.05) is 24.3 Å². The van der Waals surface area contributed by atoms with Gasteiger partial charge in [-0.15, -0.1) is 0 Å². The van der Waals surface area contributed by atoms with Crippen molar-refractivity contribution in [2.75, 3.05) is 32.1 Å². The highest BCUT2D eigenvalue weighted by Gasteiger charge is 2.34. The molecule has 0 saturated carbocycles. The zero-order valence-electron chi connectivity index (χ0n) is 11.0. The average molecular weight is 276 g/mol. The Kier molecular flexibility index (Phi) is 2.76. The molecule has 0 amide bonds. The Morgan fingerprint density at radius 3 is 2.26 bits per heavy atom. The minimum atomic E-state index is -3.32. The van der Waals surface area contributed by atoms with E-state index in [1.54, 1.807) is 6.07 Å². The topological polar surface area (TPSA) is 40.4 Å². The molecule has 0 atom stereocenters. The molecular weight excluding hydrogens is 260 g/mol. The standard InChI is InChI=1S/C14H16N2O2S/c1-15(2)13-7-3-6-12-11(13)5-4-8-14(12)19(17,18)16-9-10-16/h3-8H,9-10H2,1-2H3. The zero-order chi connectivity index (χ0) is 13.6. The molecule has 100 valence electrons. The van der Waals surface area contributed by atoms with Crippen LogP contribution in [0, 0.1) is 0 Å². The van der Waals surface area contributed by atoms with Crippen molar-refractivity contribution in [2.45, 2.75) is 4.90 Å². The lowest BCUT2D eigenvalue weighted by atomic mass is 10.1. The van der Waals surface area contributed by atoms with Crippen LogP contribution in [0.4, 0.5) is 5.69 Å². The maximum Gasteiger partial charge on any atom is 0.243 e. The van der Waals surface area contributed by atoms with Crippen molar-refractivity contribution < 1.29 is 8.42 Å². The van der Waals surface area contributed by atoms with Crippen molar-refractivity contribution in [2.24, 2.45) is 0 Å². The van der Waals surface area contributed by atoms with Crippen molar-refractivity contribution in [3.63, 3.8) is 0 Å². The number of fused-ring (bicyclic) bond motifs is 1. The summed E-state index contributed by atoms with van der Waals surface area (Å²) in [5, 5.41) is 1.76. The van der Waals surface area contributed by atoms with Crippen molar-refractivity contribution in [1.82, 2.24) is 4.31 Å². The highest BCUT2D eigenvalue weighted by atomic mass is 32.2. The first-order chi connectivity index (χ1) is 9.01. The Bertz CT molecular complexity index is 734. The number of rotatable bonds is 3. The molecule has 5 heteroatoms. The predicted octanol–water partition coefficient (Wildman–Crippen LogP) is 1.91. The van der Waals surface area contributed by atoms with Crippen LogP contribution >= 0.6 is 0 Å². The molecule has 1 saturated heterocycles. The van der Waals surface area contributed by atoms with Gasteiger partial charge in [0.2, 0.25) is 10.0 Å². The fraction of sp³-hybridized carbons (Fsp3) is 0.286. The van der Waals surface area contributed by atoms with Crippen LogP contribution in [0.1, 0.15) is 0 Å². The number of nitrogens with zero attached hydrogens (tertiary/aromatic N) is 2. The van der Waals surface area contributed by atoms with E-state index in [4.69, 9.17) is 0 Å². The normalized spacial score (nSPS) is 15.7. The van der Waals surface area contributed by atoms with Crippen molar-refractivity contribution in [3.05, 3.63) is 36.4 Å². The molecule has 0 spiro atoms. The summed E-state index contributed by atoms with van der Waals surface area (Å²) in [5.41, 5.74) is 1.03. The van der Waals surface area contributed by atoms with E-state index in [9.17, 15) is 8.42 Å². The number of benzene rings is 2. The van der Waals surface area contributed by atoms with Crippen LogP contribution in [-0.4, -0.2) is 39.9 Å². The first-order valence-corrected chi connectivity index (χ1v) is 7.65. The smallest absolute Gasteiger partial charge is 0.243 e. The maximum absolute atomic E-state index is 12.4. The van der Waals surface area contributed by atoms with Gasteiger partial charge < -0.3 is 4.90 Å². The van der Waals surface area contributed by atoms with E-state index in [0.717, 1.165) is 16.5 Å². The van der Waals surface area contributed by atoms with Crippen molar-refractivity contribution >= 4 is 26.5 Å². The van der Waals surface area contributed by atoms with Gasteiger partial charge in [0.25, 0.3) is 0 Å². The number of sulfonamides is 1. The van der Waals surface area contributed by atoms with E-state index in [-0.39, 0.29) is 0 Å². The van der Waals surface area contributed by atoms with Gasteiger partial charge in [0, 0.05) is 43.6 Å². The van der Waals surface area contributed by atoms with Crippen LogP contribution in [0.3, 0.4) is 0 Å². The molecule has 0 radical (unpaired) electrons. The Morgan fingerprint density at radius 2 is 1.63 bits per heavy atom. The van der Waals surface area contributed by atoms with Crippen LogP contribution in [0.25, 0.3) is 10.8 Å². The molecule has 0 aromatic heterocycles. The summed E-state index contributed by atoms with van der Waals surface area (Å²) in [4.78, 5) is 2.40. The van der Waals surface area contributed by atoms with Gasteiger partial charge >= 0.3 is 0 Å². The second-order valence-electron chi connectivity index (χ2n) is 4.93. The molecule has 19 heavy (non-hydrogen) atoms. The van der Waals surface area contributed by atoms with Gasteiger partial charge in [-0.3, -0.25) is 0 Å². The summed E-state index contributed by atoms with van der Waals surface area (Å²) in [5.74, 6) is 0. The Morgan fingerprint density at radius 1 is 1.00 bits per heavy atom. The third kappa shape index (κ3) is 1.99. The molecule has 4 nitrogen and oxygen atoms in total. The first-order valence-electron chi connectivity index (χ1n) is 6.21. The molecule has 2 aromatic carbocycles. The fourth-order valence-electron chi connectivity index (χ4n) is 2.30. The van der Waals surface area contributed by atoms with E-state index in [1.165, 1.54) is 4.31 Å². The molecule has 3 rings (SSSR count). The summed E-state index contributed by atoms with van der Waals surface area (Å²) in [6.07, 6.45) is 0. The lowest BCUT2D eigenvalue weighted by Gasteiger charge is -2.17. The Balaban J connectivity index is 2.30. The summed E-state index contributed by atoms with van der Waals surface area (Å²) in [6.45, 7) is 1.26. The average Bonchev–Trinajstić information content (AvgIpc) is 3.21. The minimum absolute atomic E-state index is 0.409. The highest BCUT2D eigenvalue weighted by molar-refractivity contribution is 7.89. The number of hydrogen-bond acceptors (Lipinski definition) is 3. The van der Waals surface area contributed by atoms with Crippen LogP contribution in [-0.2, 0) is 10.0 Å². The van der Waals surface area contributed by atoms with Crippen molar-refractivity contribution in [3.8, 4) is 0 Å². The van der Waals surface area contributed by atoms with Gasteiger partial charge in [-0.2, -0.15) is 4.31 Å². The third-order valence-electron chi connectivity index (χ3n) is 3.36. The van der Waals surface area contributed by atoms with E-state index in [2.05, 4.69) is 0 Å². The molecule has 0 N–H and O–H groups in total. The van der Waals surface area contributed by atoms with Gasteiger partial charge in [-0.05, 0) is 12.1 Å². The molecule has 0 bridgehead atoms. The SMILES string of the molecule is CN(C)c1cccc2c(S(=O)(=O)N3CC3)cccc12. The molecule has 1 heterocycles. The summed E-state index contributed by atoms with van der Waals surface area (Å²) >= 11 is 0. The largest absolute Gasteiger partial charge is 0.377 e. The second-order valence-corrected chi connectivity index (χ2v) is 6.83. The highest BCUT2D eigenvalue weighted by Crippen LogP contribution is 2.32. The zero-order valence-corrected chi connectivity index (χ0v) is 11.8. The summed E-state index contributed by atoms with van der Waals surface area (Å²) in [7, 11) is 0.597. The molecule has 1 aliphatic heterocycles. The summed E-state index contributed by atoms with van der Waals surface area (Å²) in [6, 6.07) is 11.2. The third-order valence-corrected chi connectivity index (χ3v) is 5.32. The number of anilines is 1. The molecule has 2 aromatic rings. The monoisotopic (exact) mass is 276 g/mol. The van der Waals surface area contributed by atoms with Gasteiger partial charge in [0.15, 0.2) is 0 Å². The van der Waals surface area contributed by atoms with Crippen LogP contribution in [0.2, 0.25) is 0 Å². The molecule has 1 aliphatic rings. The summed E-state index contributed by atoms with van der Waals surface area (Å²) < 4.78 is 26.3. The van der Waals surface area contributed by atoms with Crippen LogP contribution in [0.5, 0.6) is 0 Å². The molecule has 0 unspecified atom stereocenters. The van der Waals surface area contributed by atoms with E-state index >= 15 is 0 Å². The lowest BCUT2D eigenvalue weighted by Crippen LogP contribution is -2.13. The fourth-order valence-corrected chi connectivity index (χ4v) is 3.85.